The number of rotatable bonds is 3. The molecule has 0 saturated carbocycles. The van der Waals surface area contributed by atoms with Gasteiger partial charge in [-0.15, -0.1) is 0 Å². The van der Waals surface area contributed by atoms with Gasteiger partial charge in [0.25, 0.3) is 5.56 Å². The van der Waals surface area contributed by atoms with Crippen molar-refractivity contribution in [1.29, 1.82) is 0 Å². The van der Waals surface area contributed by atoms with Crippen LogP contribution in [0.3, 0.4) is 0 Å². The molecular weight excluding hydrogens is 354 g/mol. The summed E-state index contributed by atoms with van der Waals surface area (Å²) in [6.45, 7) is 10.4. The zero-order valence-corrected chi connectivity index (χ0v) is 17.1. The van der Waals surface area contributed by atoms with E-state index in [9.17, 15) is 9.59 Å². The summed E-state index contributed by atoms with van der Waals surface area (Å²) in [6, 6.07) is 8.18. The summed E-state index contributed by atoms with van der Waals surface area (Å²) in [6.07, 6.45) is 0. The summed E-state index contributed by atoms with van der Waals surface area (Å²) in [7, 11) is 1.67. The Hall–Kier alpha value is -3.09. The van der Waals surface area contributed by atoms with Crippen LogP contribution in [0, 0.1) is 26.7 Å². The van der Waals surface area contributed by atoms with Crippen molar-refractivity contribution in [1.82, 2.24) is 23.1 Å². The first-order valence-electron chi connectivity index (χ1n) is 9.49. The average Bonchev–Trinajstić information content (AvgIpc) is 3.14. The second-order valence-electron chi connectivity index (χ2n) is 7.91. The maximum Gasteiger partial charge on any atom is 0.332 e. The third-order valence-electron chi connectivity index (χ3n) is 5.36. The normalized spacial score (nSPS) is 12.0. The van der Waals surface area contributed by atoms with E-state index in [-0.39, 0.29) is 17.2 Å². The smallest absolute Gasteiger partial charge is 0.283 e. The lowest BCUT2D eigenvalue weighted by atomic mass is 10.2. The lowest BCUT2D eigenvalue weighted by molar-refractivity contribution is 0.484. The summed E-state index contributed by atoms with van der Waals surface area (Å²) in [5.41, 5.74) is 4.34. The predicted molar refractivity (Wildman–Crippen MR) is 111 cm³/mol. The Kier molecular flexibility index (Phi) is 4.06. The molecule has 0 atom stereocenters. The minimum Gasteiger partial charge on any atom is -0.283 e. The molecule has 0 aliphatic rings. The van der Waals surface area contributed by atoms with Crippen LogP contribution in [0.4, 0.5) is 0 Å². The Morgan fingerprint density at radius 3 is 2.25 bits per heavy atom. The van der Waals surface area contributed by atoms with Crippen LogP contribution in [-0.4, -0.2) is 23.1 Å². The zero-order valence-electron chi connectivity index (χ0n) is 17.1. The maximum atomic E-state index is 13.2. The van der Waals surface area contributed by atoms with Crippen molar-refractivity contribution in [2.75, 3.05) is 0 Å². The van der Waals surface area contributed by atoms with Gasteiger partial charge in [-0.3, -0.25) is 22.9 Å². The van der Waals surface area contributed by atoms with Crippen molar-refractivity contribution in [3.63, 3.8) is 0 Å². The van der Waals surface area contributed by atoms with E-state index < -0.39 is 0 Å². The van der Waals surface area contributed by atoms with E-state index in [2.05, 4.69) is 12.1 Å². The summed E-state index contributed by atoms with van der Waals surface area (Å²) in [5.74, 6) is 0.828. The van der Waals surface area contributed by atoms with E-state index in [1.807, 2.05) is 55.7 Å². The molecule has 0 amide bonds. The predicted octanol–water partition coefficient (Wildman–Crippen LogP) is 2.72. The Balaban J connectivity index is 2.16. The van der Waals surface area contributed by atoms with Crippen molar-refractivity contribution in [2.45, 2.75) is 41.2 Å². The van der Waals surface area contributed by atoms with Gasteiger partial charge in [0.1, 0.15) is 0 Å². The van der Waals surface area contributed by atoms with Crippen LogP contribution in [0.2, 0.25) is 0 Å². The Morgan fingerprint density at radius 2 is 1.64 bits per heavy atom. The highest BCUT2D eigenvalue weighted by Gasteiger charge is 2.23. The van der Waals surface area contributed by atoms with Crippen LogP contribution in [-0.2, 0) is 13.6 Å². The average molecular weight is 379 g/mol. The van der Waals surface area contributed by atoms with E-state index in [1.165, 1.54) is 14.7 Å². The van der Waals surface area contributed by atoms with E-state index in [0.29, 0.717) is 23.5 Å². The van der Waals surface area contributed by atoms with Gasteiger partial charge in [-0.25, -0.2) is 4.79 Å². The second-order valence-corrected chi connectivity index (χ2v) is 7.91. The number of benzene rings is 1. The molecule has 0 spiro atoms. The second kappa shape index (κ2) is 6.22. The highest BCUT2D eigenvalue weighted by atomic mass is 16.2. The van der Waals surface area contributed by atoms with Gasteiger partial charge in [0.15, 0.2) is 11.2 Å². The minimum absolute atomic E-state index is 0.186. The fourth-order valence-corrected chi connectivity index (χ4v) is 3.78. The SMILES string of the molecule is Cc1ccc(-n2c(C)c(C)n3c4c(=O)n(CC(C)C)c(=O)n(C)c4nc23)cc1. The highest BCUT2D eigenvalue weighted by Crippen LogP contribution is 2.24. The van der Waals surface area contributed by atoms with Crippen LogP contribution in [0.25, 0.3) is 22.6 Å². The standard InChI is InChI=1S/C21H25N5O2/c1-12(2)11-24-19(27)17-18(23(6)21(24)28)22-20-25(14(4)15(5)26(17)20)16-9-7-13(3)8-10-16/h7-10,12H,11H2,1-6H3. The Labute approximate surface area is 162 Å². The van der Waals surface area contributed by atoms with Gasteiger partial charge in [0, 0.05) is 30.7 Å². The molecule has 7 nitrogen and oxygen atoms in total. The number of hydrogen-bond donors (Lipinski definition) is 0. The lowest BCUT2D eigenvalue weighted by Gasteiger charge is -2.10. The Bertz CT molecular complexity index is 1330. The molecule has 3 aromatic heterocycles. The quantitative estimate of drug-likeness (QED) is 0.550. The molecule has 0 saturated heterocycles. The summed E-state index contributed by atoms with van der Waals surface area (Å²) >= 11 is 0. The molecule has 0 radical (unpaired) electrons. The molecule has 4 aromatic rings. The molecule has 28 heavy (non-hydrogen) atoms. The van der Waals surface area contributed by atoms with Crippen LogP contribution < -0.4 is 11.2 Å². The van der Waals surface area contributed by atoms with Crippen molar-refractivity contribution >= 4 is 16.9 Å². The van der Waals surface area contributed by atoms with Gasteiger partial charge in [-0.2, -0.15) is 4.98 Å². The van der Waals surface area contributed by atoms with Gasteiger partial charge in [-0.05, 0) is 38.8 Å². The topological polar surface area (TPSA) is 66.2 Å². The molecule has 7 heteroatoms. The highest BCUT2D eigenvalue weighted by molar-refractivity contribution is 5.77. The fourth-order valence-electron chi connectivity index (χ4n) is 3.78. The van der Waals surface area contributed by atoms with Gasteiger partial charge in [0.05, 0.1) is 0 Å². The van der Waals surface area contributed by atoms with Gasteiger partial charge in [0.2, 0.25) is 5.78 Å². The van der Waals surface area contributed by atoms with Crippen molar-refractivity contribution < 1.29 is 0 Å². The number of aromatic nitrogens is 5. The molecule has 0 aliphatic carbocycles. The first-order chi connectivity index (χ1) is 13.2. The third kappa shape index (κ3) is 2.46. The van der Waals surface area contributed by atoms with Gasteiger partial charge in [-0.1, -0.05) is 31.5 Å². The molecule has 3 heterocycles. The number of hydrogen-bond acceptors (Lipinski definition) is 3. The van der Waals surface area contributed by atoms with E-state index in [4.69, 9.17) is 4.98 Å². The molecule has 0 unspecified atom stereocenters. The monoisotopic (exact) mass is 379 g/mol. The lowest BCUT2D eigenvalue weighted by Crippen LogP contribution is -2.40. The summed E-state index contributed by atoms with van der Waals surface area (Å²) in [5, 5.41) is 0. The maximum absolute atomic E-state index is 13.2. The third-order valence-corrected chi connectivity index (χ3v) is 5.36. The molecule has 0 aliphatic heterocycles. The first kappa shape index (κ1) is 18.3. The number of imidazole rings is 2. The fraction of sp³-hybridized carbons (Fsp3) is 0.381. The summed E-state index contributed by atoms with van der Waals surface area (Å²) in [4.78, 5) is 30.7. The van der Waals surface area contributed by atoms with Crippen molar-refractivity contribution in [2.24, 2.45) is 13.0 Å². The van der Waals surface area contributed by atoms with Crippen LogP contribution in [0.15, 0.2) is 33.9 Å². The van der Waals surface area contributed by atoms with Crippen molar-refractivity contribution in [3.05, 3.63) is 62.1 Å². The first-order valence-corrected chi connectivity index (χ1v) is 9.49. The minimum atomic E-state index is -0.330. The van der Waals surface area contributed by atoms with E-state index in [0.717, 1.165) is 17.1 Å². The van der Waals surface area contributed by atoms with Crippen LogP contribution in [0.5, 0.6) is 0 Å². The van der Waals surface area contributed by atoms with E-state index in [1.54, 1.807) is 7.05 Å². The van der Waals surface area contributed by atoms with Crippen LogP contribution in [0.1, 0.15) is 30.8 Å². The van der Waals surface area contributed by atoms with Gasteiger partial charge >= 0.3 is 5.69 Å². The Morgan fingerprint density at radius 1 is 1.00 bits per heavy atom. The van der Waals surface area contributed by atoms with E-state index >= 15 is 0 Å². The van der Waals surface area contributed by atoms with Crippen molar-refractivity contribution in [3.8, 4) is 5.69 Å². The number of nitrogens with zero attached hydrogens (tertiary/aromatic N) is 5. The molecule has 0 N–H and O–H groups in total. The molecule has 0 bridgehead atoms. The van der Waals surface area contributed by atoms with Gasteiger partial charge < -0.3 is 0 Å². The number of aryl methyl sites for hydroxylation is 3. The zero-order chi connectivity index (χ0) is 20.3. The number of fused-ring (bicyclic) bond motifs is 3. The molecule has 1 aromatic carbocycles. The summed E-state index contributed by atoms with van der Waals surface area (Å²) < 4.78 is 6.70. The molecule has 146 valence electrons. The molecular formula is C21H25N5O2. The van der Waals surface area contributed by atoms with Crippen LogP contribution >= 0.6 is 0 Å². The largest absolute Gasteiger partial charge is 0.332 e. The molecule has 4 rings (SSSR count). The molecule has 0 fully saturated rings.